The van der Waals surface area contributed by atoms with E-state index in [0.29, 0.717) is 0 Å². The summed E-state index contributed by atoms with van der Waals surface area (Å²) in [5, 5.41) is 4.74. The van der Waals surface area contributed by atoms with Crippen LogP contribution in [-0.4, -0.2) is 29.7 Å². The zero-order valence-corrected chi connectivity index (χ0v) is 9.00. The second-order valence-corrected chi connectivity index (χ2v) is 3.61. The van der Waals surface area contributed by atoms with Crippen LogP contribution in [0.1, 0.15) is 39.5 Å². The molecule has 1 aliphatic heterocycles. The second kappa shape index (κ2) is 6.03. The van der Waals surface area contributed by atoms with Crippen molar-refractivity contribution in [1.29, 1.82) is 0 Å². The van der Waals surface area contributed by atoms with Gasteiger partial charge in [-0.25, -0.2) is 5.01 Å². The second-order valence-electron chi connectivity index (χ2n) is 3.61. The number of unbranched alkanes of at least 4 members (excludes halogenated alkanes) is 3. The Hall–Kier alpha value is -0.500. The first-order valence-electron chi connectivity index (χ1n) is 5.56. The lowest BCUT2D eigenvalue weighted by Crippen LogP contribution is -2.35. The van der Waals surface area contributed by atoms with E-state index in [9.17, 15) is 0 Å². The smallest absolute Gasteiger partial charge is 0.0379 e. The average Bonchev–Trinajstić information content (AvgIpc) is 2.60. The highest BCUT2D eigenvalue weighted by Gasteiger charge is 2.12. The normalized spacial score (nSPS) is 17.2. The van der Waals surface area contributed by atoms with Crippen molar-refractivity contribution in [2.45, 2.75) is 39.5 Å². The summed E-state index contributed by atoms with van der Waals surface area (Å²) in [6, 6.07) is 0. The molecule has 0 saturated heterocycles. The summed E-state index contributed by atoms with van der Waals surface area (Å²) in [5.74, 6) is 0. The highest BCUT2D eigenvalue weighted by molar-refractivity contribution is 4.90. The Morgan fingerprint density at radius 3 is 2.69 bits per heavy atom. The fourth-order valence-electron chi connectivity index (χ4n) is 1.74. The molecule has 0 aromatic carbocycles. The minimum Gasteiger partial charge on any atom is -0.313 e. The van der Waals surface area contributed by atoms with Gasteiger partial charge in [0.05, 0.1) is 0 Å². The van der Waals surface area contributed by atoms with Gasteiger partial charge in [0.15, 0.2) is 0 Å². The first-order chi connectivity index (χ1) is 6.38. The molecule has 0 bridgehead atoms. The first kappa shape index (κ1) is 10.6. The summed E-state index contributed by atoms with van der Waals surface area (Å²) in [5.41, 5.74) is 0. The number of nitrogens with zero attached hydrogens (tertiary/aromatic N) is 2. The third-order valence-corrected chi connectivity index (χ3v) is 2.55. The summed E-state index contributed by atoms with van der Waals surface area (Å²) in [6.07, 6.45) is 9.86. The van der Waals surface area contributed by atoms with Gasteiger partial charge in [0.2, 0.25) is 0 Å². The van der Waals surface area contributed by atoms with Crippen molar-refractivity contribution in [1.82, 2.24) is 10.0 Å². The van der Waals surface area contributed by atoms with Gasteiger partial charge in [-0.05, 0) is 13.3 Å². The fourth-order valence-corrected chi connectivity index (χ4v) is 1.74. The molecule has 2 nitrogen and oxygen atoms in total. The van der Waals surface area contributed by atoms with Gasteiger partial charge in [-0.1, -0.05) is 32.3 Å². The van der Waals surface area contributed by atoms with Crippen LogP contribution < -0.4 is 0 Å². The lowest BCUT2D eigenvalue weighted by atomic mass is 10.2. The van der Waals surface area contributed by atoms with E-state index in [2.05, 4.69) is 36.1 Å². The van der Waals surface area contributed by atoms with E-state index in [1.165, 1.54) is 32.2 Å². The largest absolute Gasteiger partial charge is 0.313 e. The molecule has 0 aromatic heterocycles. The van der Waals surface area contributed by atoms with Crippen LogP contribution in [0.5, 0.6) is 0 Å². The predicted octanol–water partition coefficient (Wildman–Crippen LogP) is 2.63. The molecular formula is C11H22N2. The average molecular weight is 182 g/mol. The van der Waals surface area contributed by atoms with Crippen molar-refractivity contribution in [3.05, 3.63) is 12.3 Å². The van der Waals surface area contributed by atoms with Gasteiger partial charge in [-0.2, -0.15) is 0 Å². The quantitative estimate of drug-likeness (QED) is 0.583. The van der Waals surface area contributed by atoms with E-state index in [4.69, 9.17) is 0 Å². The van der Waals surface area contributed by atoms with Gasteiger partial charge in [0.1, 0.15) is 0 Å². The summed E-state index contributed by atoms with van der Waals surface area (Å²) in [4.78, 5) is 0. The predicted molar refractivity (Wildman–Crippen MR) is 57.2 cm³/mol. The molecule has 0 radical (unpaired) electrons. The Morgan fingerprint density at radius 1 is 1.15 bits per heavy atom. The van der Waals surface area contributed by atoms with E-state index in [0.717, 1.165) is 13.1 Å². The number of hydrazine groups is 1. The molecule has 0 unspecified atom stereocenters. The number of rotatable bonds is 6. The Morgan fingerprint density at radius 2 is 2.00 bits per heavy atom. The molecule has 0 fully saturated rings. The van der Waals surface area contributed by atoms with Crippen molar-refractivity contribution in [3.63, 3.8) is 0 Å². The van der Waals surface area contributed by atoms with E-state index in [-0.39, 0.29) is 0 Å². The van der Waals surface area contributed by atoms with E-state index >= 15 is 0 Å². The first-order valence-corrected chi connectivity index (χ1v) is 5.56. The lowest BCUT2D eigenvalue weighted by Gasteiger charge is -2.27. The maximum Gasteiger partial charge on any atom is 0.0379 e. The molecule has 0 atom stereocenters. The molecule has 1 rings (SSSR count). The van der Waals surface area contributed by atoms with Crippen molar-refractivity contribution in [2.24, 2.45) is 0 Å². The maximum atomic E-state index is 2.43. The van der Waals surface area contributed by atoms with Gasteiger partial charge >= 0.3 is 0 Å². The number of hydrogen-bond donors (Lipinski definition) is 0. The van der Waals surface area contributed by atoms with Crippen molar-refractivity contribution >= 4 is 0 Å². The van der Waals surface area contributed by atoms with Crippen LogP contribution in [0.2, 0.25) is 0 Å². The Kier molecular flexibility index (Phi) is 4.91. The van der Waals surface area contributed by atoms with Gasteiger partial charge < -0.3 is 5.01 Å². The fraction of sp³-hybridized carbons (Fsp3) is 0.818. The SMILES string of the molecule is CCCCCCN1CC=CN1CC. The van der Waals surface area contributed by atoms with Crippen LogP contribution in [0.3, 0.4) is 0 Å². The molecule has 0 N–H and O–H groups in total. The van der Waals surface area contributed by atoms with E-state index in [1.54, 1.807) is 0 Å². The topological polar surface area (TPSA) is 6.48 Å². The van der Waals surface area contributed by atoms with Gasteiger partial charge in [-0.15, -0.1) is 0 Å². The van der Waals surface area contributed by atoms with Gasteiger partial charge in [-0.3, -0.25) is 0 Å². The molecule has 1 aliphatic rings. The maximum absolute atomic E-state index is 2.43. The highest BCUT2D eigenvalue weighted by Crippen LogP contribution is 2.09. The zero-order chi connectivity index (χ0) is 9.52. The van der Waals surface area contributed by atoms with E-state index < -0.39 is 0 Å². The number of hydrogen-bond acceptors (Lipinski definition) is 2. The Bertz CT molecular complexity index is 154. The zero-order valence-electron chi connectivity index (χ0n) is 9.00. The van der Waals surface area contributed by atoms with Crippen LogP contribution in [0, 0.1) is 0 Å². The molecule has 0 saturated carbocycles. The van der Waals surface area contributed by atoms with Crippen LogP contribution in [0.25, 0.3) is 0 Å². The molecule has 2 heteroatoms. The standard InChI is InChI=1S/C11H22N2/c1-3-5-6-7-9-13-11-8-10-12(13)4-2/h8,10H,3-7,9,11H2,1-2H3. The minimum absolute atomic E-state index is 1.10. The lowest BCUT2D eigenvalue weighted by molar-refractivity contribution is 0.0556. The third kappa shape index (κ3) is 3.39. The molecule has 13 heavy (non-hydrogen) atoms. The van der Waals surface area contributed by atoms with E-state index in [1.807, 2.05) is 0 Å². The summed E-state index contributed by atoms with van der Waals surface area (Å²) >= 11 is 0. The van der Waals surface area contributed by atoms with Crippen molar-refractivity contribution in [2.75, 3.05) is 19.6 Å². The molecule has 1 heterocycles. The molecule has 0 amide bonds. The van der Waals surface area contributed by atoms with Crippen LogP contribution >= 0.6 is 0 Å². The Labute approximate surface area is 82.2 Å². The molecule has 0 spiro atoms. The summed E-state index contributed by atoms with van der Waals surface area (Å²) < 4.78 is 0. The molecule has 0 aliphatic carbocycles. The molecular weight excluding hydrogens is 160 g/mol. The monoisotopic (exact) mass is 182 g/mol. The van der Waals surface area contributed by atoms with Gasteiger partial charge in [0.25, 0.3) is 0 Å². The Balaban J connectivity index is 2.07. The molecule has 76 valence electrons. The summed E-state index contributed by atoms with van der Waals surface area (Å²) in [7, 11) is 0. The van der Waals surface area contributed by atoms with Crippen molar-refractivity contribution < 1.29 is 0 Å². The summed E-state index contributed by atoms with van der Waals surface area (Å²) in [6.45, 7) is 7.90. The van der Waals surface area contributed by atoms with Crippen LogP contribution in [-0.2, 0) is 0 Å². The minimum atomic E-state index is 1.10. The molecule has 0 aromatic rings. The van der Waals surface area contributed by atoms with Gasteiger partial charge in [0, 0.05) is 25.8 Å². The van der Waals surface area contributed by atoms with Crippen LogP contribution in [0.15, 0.2) is 12.3 Å². The van der Waals surface area contributed by atoms with Crippen LogP contribution in [0.4, 0.5) is 0 Å². The van der Waals surface area contributed by atoms with Crippen molar-refractivity contribution in [3.8, 4) is 0 Å². The third-order valence-electron chi connectivity index (χ3n) is 2.55. The highest BCUT2D eigenvalue weighted by atomic mass is 15.6.